The van der Waals surface area contributed by atoms with Crippen molar-refractivity contribution in [3.8, 4) is 0 Å². The van der Waals surface area contributed by atoms with Crippen molar-refractivity contribution in [2.24, 2.45) is 5.92 Å². The summed E-state index contributed by atoms with van der Waals surface area (Å²) >= 11 is 1.36. The Balaban J connectivity index is 1.48. The third-order valence-electron chi connectivity index (χ3n) is 4.70. The summed E-state index contributed by atoms with van der Waals surface area (Å²) in [7, 11) is 1.70. The number of pyridine rings is 1. The van der Waals surface area contributed by atoms with Gasteiger partial charge in [-0.1, -0.05) is 6.07 Å². The highest BCUT2D eigenvalue weighted by atomic mass is 32.1. The Bertz CT molecular complexity index is 1040. The van der Waals surface area contributed by atoms with Crippen molar-refractivity contribution in [3.05, 3.63) is 57.2 Å². The van der Waals surface area contributed by atoms with Crippen molar-refractivity contribution in [3.63, 3.8) is 0 Å². The summed E-state index contributed by atoms with van der Waals surface area (Å²) in [6.45, 7) is 2.18. The van der Waals surface area contributed by atoms with Gasteiger partial charge in [-0.05, 0) is 49.3 Å². The normalized spacial score (nSPS) is 14.9. The van der Waals surface area contributed by atoms with Gasteiger partial charge < -0.3 is 15.2 Å². The molecule has 1 fully saturated rings. The van der Waals surface area contributed by atoms with E-state index in [2.05, 4.69) is 20.3 Å². The van der Waals surface area contributed by atoms with Crippen LogP contribution in [0.25, 0.3) is 10.2 Å². The first-order chi connectivity index (χ1) is 13.0. The van der Waals surface area contributed by atoms with Crippen LogP contribution in [0.1, 0.15) is 36.1 Å². The molecule has 27 heavy (non-hydrogen) atoms. The van der Waals surface area contributed by atoms with Crippen LogP contribution in [0.5, 0.6) is 0 Å². The van der Waals surface area contributed by atoms with E-state index in [1.165, 1.54) is 16.2 Å². The molecule has 1 saturated carbocycles. The molecule has 2 N–H and O–H groups in total. The number of thiophene rings is 1. The van der Waals surface area contributed by atoms with Crippen LogP contribution in [0.3, 0.4) is 0 Å². The van der Waals surface area contributed by atoms with Crippen molar-refractivity contribution in [1.29, 1.82) is 0 Å². The second kappa shape index (κ2) is 7.11. The molecule has 0 spiro atoms. The lowest BCUT2D eigenvalue weighted by Crippen LogP contribution is -2.40. The number of nitrogens with one attached hydrogen (secondary N) is 2. The molecule has 1 atom stereocenters. The van der Waals surface area contributed by atoms with E-state index in [1.54, 1.807) is 7.05 Å². The Kier molecular flexibility index (Phi) is 4.65. The first-order valence-corrected chi connectivity index (χ1v) is 9.81. The van der Waals surface area contributed by atoms with Gasteiger partial charge in [0.05, 0.1) is 23.8 Å². The number of carbonyl (C=O) groups excluding carboxylic acids is 1. The van der Waals surface area contributed by atoms with Crippen LogP contribution in [0.4, 0.5) is 4.79 Å². The minimum Gasteiger partial charge on any atom is -0.329 e. The Labute approximate surface area is 160 Å². The summed E-state index contributed by atoms with van der Waals surface area (Å²) in [5.41, 5.74) is 2.32. The van der Waals surface area contributed by atoms with Gasteiger partial charge in [0, 0.05) is 12.7 Å². The Hall–Kier alpha value is -2.74. The zero-order valence-corrected chi connectivity index (χ0v) is 16.0. The number of amides is 2. The fourth-order valence-corrected chi connectivity index (χ4v) is 3.86. The van der Waals surface area contributed by atoms with Crippen molar-refractivity contribution < 1.29 is 4.79 Å². The van der Waals surface area contributed by atoms with Gasteiger partial charge in [-0.2, -0.15) is 0 Å². The van der Waals surface area contributed by atoms with Gasteiger partial charge >= 0.3 is 6.03 Å². The molecule has 140 valence electrons. The number of nitrogens with zero attached hydrogens (tertiary/aromatic N) is 3. The van der Waals surface area contributed by atoms with E-state index in [4.69, 9.17) is 0 Å². The van der Waals surface area contributed by atoms with Gasteiger partial charge in [0.1, 0.15) is 10.5 Å². The number of fused-ring (bicyclic) bond motifs is 1. The number of urea groups is 1. The number of rotatable bonds is 5. The summed E-state index contributed by atoms with van der Waals surface area (Å²) in [5.74, 6) is 0.900. The highest BCUT2D eigenvalue weighted by molar-refractivity contribution is 7.17. The highest BCUT2D eigenvalue weighted by Crippen LogP contribution is 2.40. The highest BCUT2D eigenvalue weighted by Gasteiger charge is 2.35. The molecular weight excluding hydrogens is 362 g/mol. The molecule has 3 aromatic rings. The summed E-state index contributed by atoms with van der Waals surface area (Å²) in [6.07, 6.45) is 2.18. The summed E-state index contributed by atoms with van der Waals surface area (Å²) in [5, 5.41) is 4.93. The number of H-pyrrole nitrogens is 1. The van der Waals surface area contributed by atoms with Crippen LogP contribution < -0.4 is 10.9 Å². The second-order valence-corrected chi connectivity index (χ2v) is 7.89. The van der Waals surface area contributed by atoms with Gasteiger partial charge in [0.25, 0.3) is 5.56 Å². The van der Waals surface area contributed by atoms with Crippen LogP contribution in [-0.4, -0.2) is 32.9 Å². The maximum Gasteiger partial charge on any atom is 0.318 e. The third kappa shape index (κ3) is 3.85. The predicted octanol–water partition coefficient (Wildman–Crippen LogP) is 2.98. The second-order valence-electron chi connectivity index (χ2n) is 6.97. The lowest BCUT2D eigenvalue weighted by Gasteiger charge is -2.23. The molecule has 0 aromatic carbocycles. The molecule has 8 heteroatoms. The van der Waals surface area contributed by atoms with E-state index in [-0.39, 0.29) is 24.2 Å². The number of aromatic nitrogens is 3. The average molecular weight is 383 g/mol. The van der Waals surface area contributed by atoms with Gasteiger partial charge in [0.15, 0.2) is 0 Å². The van der Waals surface area contributed by atoms with Crippen LogP contribution in [0.15, 0.2) is 34.4 Å². The first kappa shape index (κ1) is 17.7. The van der Waals surface area contributed by atoms with Crippen LogP contribution >= 0.6 is 11.3 Å². The minimum atomic E-state index is -0.205. The van der Waals surface area contributed by atoms with E-state index in [1.807, 2.05) is 36.6 Å². The van der Waals surface area contributed by atoms with Crippen LogP contribution in [0, 0.1) is 12.8 Å². The smallest absolute Gasteiger partial charge is 0.318 e. The molecule has 0 radical (unpaired) electrons. The molecule has 1 aliphatic rings. The summed E-state index contributed by atoms with van der Waals surface area (Å²) in [6, 6.07) is 7.39. The van der Waals surface area contributed by atoms with Crippen molar-refractivity contribution >= 4 is 27.6 Å². The van der Waals surface area contributed by atoms with E-state index in [9.17, 15) is 9.59 Å². The maximum atomic E-state index is 12.7. The van der Waals surface area contributed by atoms with Gasteiger partial charge in [-0.3, -0.25) is 9.78 Å². The number of aryl methyl sites for hydroxylation is 1. The molecule has 0 aliphatic heterocycles. The largest absolute Gasteiger partial charge is 0.329 e. The molecule has 0 bridgehead atoms. The summed E-state index contributed by atoms with van der Waals surface area (Å²) in [4.78, 5) is 38.1. The first-order valence-electron chi connectivity index (χ1n) is 8.93. The molecule has 2 amide bonds. The minimum absolute atomic E-state index is 0.0915. The van der Waals surface area contributed by atoms with Crippen LogP contribution in [-0.2, 0) is 6.54 Å². The standard InChI is InChI=1S/C19H21N5O2S/c1-11-4-3-5-13(20-11)16(12-6-7-12)23-19(26)24(2)10-15-21-14-8-9-27-17(14)18(25)22-15/h3-5,8-9,12,16H,6-7,10H2,1-2H3,(H,23,26)(H,21,22,25). The Morgan fingerprint density at radius 1 is 1.37 bits per heavy atom. The number of hydrogen-bond acceptors (Lipinski definition) is 5. The zero-order chi connectivity index (χ0) is 19.0. The maximum absolute atomic E-state index is 12.7. The fraction of sp³-hybridized carbons (Fsp3) is 0.368. The third-order valence-corrected chi connectivity index (χ3v) is 5.60. The summed E-state index contributed by atoms with van der Waals surface area (Å²) < 4.78 is 0.602. The van der Waals surface area contributed by atoms with E-state index < -0.39 is 0 Å². The predicted molar refractivity (Wildman–Crippen MR) is 105 cm³/mol. The van der Waals surface area contributed by atoms with Gasteiger partial charge in [-0.25, -0.2) is 9.78 Å². The molecule has 0 saturated heterocycles. The fourth-order valence-electron chi connectivity index (χ4n) is 3.14. The lowest BCUT2D eigenvalue weighted by molar-refractivity contribution is 0.199. The van der Waals surface area contributed by atoms with Crippen molar-refractivity contribution in [2.75, 3.05) is 7.05 Å². The van der Waals surface area contributed by atoms with Gasteiger partial charge in [0.2, 0.25) is 0 Å². The van der Waals surface area contributed by atoms with E-state index in [0.717, 1.165) is 24.2 Å². The van der Waals surface area contributed by atoms with Crippen molar-refractivity contribution in [1.82, 2.24) is 25.2 Å². The average Bonchev–Trinajstić information content (AvgIpc) is 3.36. The Morgan fingerprint density at radius 2 is 2.19 bits per heavy atom. The van der Waals surface area contributed by atoms with Crippen LogP contribution in [0.2, 0.25) is 0 Å². The molecule has 3 aromatic heterocycles. The molecule has 1 aliphatic carbocycles. The lowest BCUT2D eigenvalue weighted by atomic mass is 10.1. The number of aromatic amines is 1. The molecule has 7 nitrogen and oxygen atoms in total. The Morgan fingerprint density at radius 3 is 2.93 bits per heavy atom. The molecule has 3 heterocycles. The number of hydrogen-bond donors (Lipinski definition) is 2. The number of carbonyl (C=O) groups is 1. The molecule has 4 rings (SSSR count). The van der Waals surface area contributed by atoms with Crippen molar-refractivity contribution in [2.45, 2.75) is 32.4 Å². The molecule has 1 unspecified atom stereocenters. The topological polar surface area (TPSA) is 91.0 Å². The zero-order valence-electron chi connectivity index (χ0n) is 15.2. The van der Waals surface area contributed by atoms with E-state index in [0.29, 0.717) is 22.0 Å². The van der Waals surface area contributed by atoms with Gasteiger partial charge in [-0.15, -0.1) is 11.3 Å². The molecular formula is C19H21N5O2S. The monoisotopic (exact) mass is 383 g/mol. The SMILES string of the molecule is Cc1cccc(C(NC(=O)N(C)Cc2nc3ccsc3c(=O)[nH]2)C2CC2)n1. The quantitative estimate of drug-likeness (QED) is 0.709. The van der Waals surface area contributed by atoms with E-state index >= 15 is 0 Å².